The predicted molar refractivity (Wildman–Crippen MR) is 143 cm³/mol. The highest BCUT2D eigenvalue weighted by molar-refractivity contribution is 7.85. The van der Waals surface area contributed by atoms with Crippen molar-refractivity contribution in [3.05, 3.63) is 53.6 Å². The minimum absolute atomic E-state index is 0.0715. The summed E-state index contributed by atoms with van der Waals surface area (Å²) in [5.41, 5.74) is -0.227. The number of fused-ring (bicyclic) bond motifs is 1. The number of carbonyl (C=O) groups is 2. The van der Waals surface area contributed by atoms with Gasteiger partial charge in [-0.05, 0) is 47.6 Å². The zero-order valence-corrected chi connectivity index (χ0v) is 23.2. The van der Waals surface area contributed by atoms with Crippen LogP contribution in [0.5, 0.6) is 17.2 Å². The highest BCUT2D eigenvalue weighted by Gasteiger charge is 2.24. The van der Waals surface area contributed by atoms with E-state index in [-0.39, 0.29) is 23.3 Å². The lowest BCUT2D eigenvalue weighted by Gasteiger charge is -2.22. The van der Waals surface area contributed by atoms with Gasteiger partial charge in [-0.15, -0.1) is 0 Å². The molecule has 3 rings (SSSR count). The Labute approximate surface area is 224 Å². The Morgan fingerprint density at radius 2 is 1.70 bits per heavy atom. The van der Waals surface area contributed by atoms with Gasteiger partial charge in [-0.1, -0.05) is 57.0 Å². The number of halogens is 1. The first-order valence-corrected chi connectivity index (χ1v) is 13.3. The summed E-state index contributed by atoms with van der Waals surface area (Å²) in [7, 11) is 1.30. The molecule has 198 valence electrons. The molecule has 0 radical (unpaired) electrons. The van der Waals surface area contributed by atoms with E-state index in [1.165, 1.54) is 14.2 Å². The Hall–Kier alpha value is -3.10. The van der Waals surface area contributed by atoms with E-state index in [9.17, 15) is 13.8 Å². The molecule has 3 aromatic carbocycles. The van der Waals surface area contributed by atoms with Crippen LogP contribution in [0.3, 0.4) is 0 Å². The van der Waals surface area contributed by atoms with Gasteiger partial charge < -0.3 is 18.9 Å². The molecule has 1 atom stereocenters. The van der Waals surface area contributed by atoms with Crippen molar-refractivity contribution in [1.29, 1.82) is 0 Å². The van der Waals surface area contributed by atoms with Crippen molar-refractivity contribution in [2.45, 2.75) is 49.8 Å². The third-order valence-corrected chi connectivity index (χ3v) is 7.66. The van der Waals surface area contributed by atoms with Crippen LogP contribution in [0, 0.1) is 5.41 Å². The predicted octanol–water partition coefficient (Wildman–Crippen LogP) is 6.34. The lowest BCUT2D eigenvalue weighted by molar-refractivity contribution is -0.155. The second kappa shape index (κ2) is 12.4. The van der Waals surface area contributed by atoms with Gasteiger partial charge in [0.15, 0.2) is 18.1 Å². The lowest BCUT2D eigenvalue weighted by Crippen LogP contribution is -2.23. The average Bonchev–Trinajstić information content (AvgIpc) is 2.86. The molecule has 0 aliphatic carbocycles. The topological polar surface area (TPSA) is 88.1 Å². The van der Waals surface area contributed by atoms with Crippen LogP contribution in [0.15, 0.2) is 58.3 Å². The summed E-state index contributed by atoms with van der Waals surface area (Å²) in [6, 6.07) is 13.7. The van der Waals surface area contributed by atoms with Crippen LogP contribution >= 0.6 is 11.6 Å². The zero-order valence-electron chi connectivity index (χ0n) is 21.6. The first-order valence-electron chi connectivity index (χ1n) is 11.8. The van der Waals surface area contributed by atoms with Crippen LogP contribution in [0.4, 0.5) is 0 Å². The Morgan fingerprint density at radius 1 is 0.973 bits per heavy atom. The Balaban J connectivity index is 1.92. The molecule has 0 saturated heterocycles. The molecule has 0 aromatic heterocycles. The molecular formula is C28H31ClO7S. The van der Waals surface area contributed by atoms with Crippen LogP contribution in [-0.2, 0) is 25.1 Å². The zero-order chi connectivity index (χ0) is 27.2. The largest absolute Gasteiger partial charge is 0.493 e. The third kappa shape index (κ3) is 7.02. The van der Waals surface area contributed by atoms with E-state index < -0.39 is 29.3 Å². The van der Waals surface area contributed by atoms with Gasteiger partial charge in [0.05, 0.1) is 41.4 Å². The molecule has 0 N–H and O–H groups in total. The number of esters is 2. The molecule has 0 aliphatic heterocycles. The van der Waals surface area contributed by atoms with Crippen molar-refractivity contribution in [2.24, 2.45) is 5.41 Å². The Morgan fingerprint density at radius 3 is 2.35 bits per heavy atom. The molecular weight excluding hydrogens is 516 g/mol. The van der Waals surface area contributed by atoms with Gasteiger partial charge in [-0.2, -0.15) is 0 Å². The minimum atomic E-state index is -1.59. The van der Waals surface area contributed by atoms with Gasteiger partial charge in [0, 0.05) is 10.3 Å². The smallest absolute Gasteiger partial charge is 0.349 e. The van der Waals surface area contributed by atoms with E-state index in [0.29, 0.717) is 31.3 Å². The number of hydrogen-bond acceptors (Lipinski definition) is 7. The van der Waals surface area contributed by atoms with Crippen molar-refractivity contribution in [3.8, 4) is 17.2 Å². The lowest BCUT2D eigenvalue weighted by atomic mass is 9.85. The van der Waals surface area contributed by atoms with Crippen LogP contribution < -0.4 is 14.2 Å². The van der Waals surface area contributed by atoms with E-state index in [4.69, 9.17) is 30.5 Å². The number of carbonyl (C=O) groups excluding carboxylic acids is 2. The molecule has 1 unspecified atom stereocenters. The van der Waals surface area contributed by atoms with Crippen LogP contribution in [0.25, 0.3) is 10.8 Å². The summed E-state index contributed by atoms with van der Waals surface area (Å²) in [6.45, 7) is 5.45. The maximum absolute atomic E-state index is 13.3. The van der Waals surface area contributed by atoms with Gasteiger partial charge in [-0.3, -0.25) is 4.79 Å². The van der Waals surface area contributed by atoms with Crippen molar-refractivity contribution < 1.29 is 32.7 Å². The number of rotatable bonds is 11. The SMILES string of the molecule is CCCC(C)(C)CC(=O)OCC(=O)Oc1c(OC)c(OC)cc2ccc(S(=O)c3ccccc3Cl)cc12. The molecule has 0 aliphatic rings. The maximum atomic E-state index is 13.3. The van der Waals surface area contributed by atoms with Crippen LogP contribution in [0.1, 0.15) is 40.0 Å². The van der Waals surface area contributed by atoms with E-state index >= 15 is 0 Å². The molecule has 3 aromatic rings. The molecule has 0 saturated carbocycles. The summed E-state index contributed by atoms with van der Waals surface area (Å²) in [5, 5.41) is 1.52. The number of benzene rings is 3. The Kier molecular flexibility index (Phi) is 9.56. The first kappa shape index (κ1) is 28.5. The molecule has 0 fully saturated rings. The summed E-state index contributed by atoms with van der Waals surface area (Å²) < 4.78 is 35.0. The number of methoxy groups -OCH3 is 2. The first-order chi connectivity index (χ1) is 17.6. The monoisotopic (exact) mass is 546 g/mol. The van der Waals surface area contributed by atoms with Gasteiger partial charge in [0.1, 0.15) is 0 Å². The molecule has 37 heavy (non-hydrogen) atoms. The Bertz CT molecular complexity index is 1320. The van der Waals surface area contributed by atoms with Gasteiger partial charge in [0.25, 0.3) is 0 Å². The second-order valence-electron chi connectivity index (χ2n) is 9.25. The molecule has 0 spiro atoms. The van der Waals surface area contributed by atoms with Crippen molar-refractivity contribution in [3.63, 3.8) is 0 Å². The van der Waals surface area contributed by atoms with Gasteiger partial charge in [0.2, 0.25) is 5.75 Å². The average molecular weight is 547 g/mol. The summed E-state index contributed by atoms with van der Waals surface area (Å²) >= 11 is 6.25. The molecule has 9 heteroatoms. The molecule has 7 nitrogen and oxygen atoms in total. The van der Waals surface area contributed by atoms with Crippen molar-refractivity contribution in [2.75, 3.05) is 20.8 Å². The summed E-state index contributed by atoms with van der Waals surface area (Å²) in [6.07, 6.45) is 1.99. The molecule has 0 bridgehead atoms. The third-order valence-electron chi connectivity index (χ3n) is 5.78. The van der Waals surface area contributed by atoms with E-state index in [1.54, 1.807) is 48.5 Å². The fraction of sp³-hybridized carbons (Fsp3) is 0.357. The standard InChI is InChI=1S/C28H31ClO7S/c1-6-13-28(2,3)16-24(30)35-17-25(31)36-26-20-15-19(37(32)23-10-8-7-9-21(23)29)12-11-18(20)14-22(33-4)27(26)34-5/h7-12,14-15H,6,13,16-17H2,1-5H3. The fourth-order valence-electron chi connectivity index (χ4n) is 4.07. The molecule has 0 amide bonds. The van der Waals surface area contributed by atoms with E-state index in [0.717, 1.165) is 12.8 Å². The number of ether oxygens (including phenoxy) is 4. The van der Waals surface area contributed by atoms with Crippen molar-refractivity contribution >= 4 is 45.1 Å². The van der Waals surface area contributed by atoms with Gasteiger partial charge in [-0.25, -0.2) is 9.00 Å². The van der Waals surface area contributed by atoms with Crippen LogP contribution in [-0.4, -0.2) is 37.0 Å². The fourth-order valence-corrected chi connectivity index (χ4v) is 5.54. The second-order valence-corrected chi connectivity index (χ2v) is 11.1. The van der Waals surface area contributed by atoms with Gasteiger partial charge >= 0.3 is 11.9 Å². The summed E-state index contributed by atoms with van der Waals surface area (Å²) in [4.78, 5) is 25.9. The highest BCUT2D eigenvalue weighted by atomic mass is 35.5. The van der Waals surface area contributed by atoms with Crippen LogP contribution in [0.2, 0.25) is 5.02 Å². The highest BCUT2D eigenvalue weighted by Crippen LogP contribution is 2.44. The quantitative estimate of drug-likeness (QED) is 0.205. The maximum Gasteiger partial charge on any atom is 0.349 e. The molecule has 0 heterocycles. The van der Waals surface area contributed by atoms with E-state index in [2.05, 4.69) is 0 Å². The van der Waals surface area contributed by atoms with Crippen molar-refractivity contribution in [1.82, 2.24) is 0 Å². The van der Waals surface area contributed by atoms with E-state index in [1.807, 2.05) is 20.8 Å². The minimum Gasteiger partial charge on any atom is -0.493 e. The normalized spacial score (nSPS) is 12.2. The number of hydrogen-bond donors (Lipinski definition) is 0. The summed E-state index contributed by atoms with van der Waals surface area (Å²) in [5.74, 6) is -0.667.